The maximum Gasteiger partial charge on any atom is 0.338 e. The highest BCUT2D eigenvalue weighted by Gasteiger charge is 2.23. The maximum atomic E-state index is 12.8. The predicted molar refractivity (Wildman–Crippen MR) is 119 cm³/mol. The summed E-state index contributed by atoms with van der Waals surface area (Å²) in [7, 11) is 0. The maximum absolute atomic E-state index is 12.8. The fraction of sp³-hybridized carbons (Fsp3) is 0.542. The molecule has 1 aromatic carbocycles. The first-order valence-electron chi connectivity index (χ1n) is 11.2. The summed E-state index contributed by atoms with van der Waals surface area (Å²) in [6.07, 6.45) is 3.71. The van der Waals surface area contributed by atoms with Crippen molar-refractivity contribution in [3.05, 3.63) is 51.8 Å². The number of rotatable bonds is 6. The van der Waals surface area contributed by atoms with Gasteiger partial charge < -0.3 is 14.8 Å². The minimum absolute atomic E-state index is 0.0544. The van der Waals surface area contributed by atoms with Crippen molar-refractivity contribution >= 4 is 11.9 Å². The molecule has 0 saturated heterocycles. The summed E-state index contributed by atoms with van der Waals surface area (Å²) in [6.45, 7) is 8.76. The van der Waals surface area contributed by atoms with Gasteiger partial charge in [0, 0.05) is 32.7 Å². The van der Waals surface area contributed by atoms with Gasteiger partial charge in [0.25, 0.3) is 5.91 Å². The van der Waals surface area contributed by atoms with Crippen molar-refractivity contribution in [2.45, 2.75) is 59.4 Å². The number of nitrogens with one attached hydrogen (secondary N) is 1. The van der Waals surface area contributed by atoms with Gasteiger partial charge in [-0.2, -0.15) is 5.10 Å². The average Bonchev–Trinajstić information content (AvgIpc) is 3.08. The summed E-state index contributed by atoms with van der Waals surface area (Å²) < 4.78 is 13.0. The Morgan fingerprint density at radius 2 is 2.06 bits per heavy atom. The van der Waals surface area contributed by atoms with Crippen LogP contribution in [0.4, 0.5) is 0 Å². The van der Waals surface area contributed by atoms with E-state index >= 15 is 0 Å². The van der Waals surface area contributed by atoms with Crippen LogP contribution in [0.3, 0.4) is 0 Å². The number of fused-ring (bicyclic) bond motifs is 1. The van der Waals surface area contributed by atoms with Gasteiger partial charge in [0.1, 0.15) is 0 Å². The number of aryl methyl sites for hydroxylation is 4. The molecule has 0 spiro atoms. The Bertz CT molecular complexity index is 920. The summed E-state index contributed by atoms with van der Waals surface area (Å²) in [5.41, 5.74) is 5.11. The van der Waals surface area contributed by atoms with Gasteiger partial charge >= 0.3 is 5.97 Å². The molecule has 0 radical (unpaired) electrons. The molecule has 0 bridgehead atoms. The highest BCUT2D eigenvalue weighted by molar-refractivity contribution is 5.96. The third kappa shape index (κ3) is 5.94. The Morgan fingerprint density at radius 1 is 1.26 bits per heavy atom. The van der Waals surface area contributed by atoms with Crippen molar-refractivity contribution in [3.8, 4) is 0 Å². The molecule has 0 unspecified atom stereocenters. The van der Waals surface area contributed by atoms with Gasteiger partial charge in [-0.15, -0.1) is 0 Å². The van der Waals surface area contributed by atoms with Crippen LogP contribution in [-0.2, 0) is 28.9 Å². The fourth-order valence-corrected chi connectivity index (χ4v) is 3.91. The highest BCUT2D eigenvalue weighted by atomic mass is 16.5. The van der Waals surface area contributed by atoms with Crippen molar-refractivity contribution in [1.29, 1.82) is 0 Å². The average molecular weight is 428 g/mol. The van der Waals surface area contributed by atoms with E-state index in [1.165, 1.54) is 0 Å². The molecule has 7 nitrogen and oxygen atoms in total. The van der Waals surface area contributed by atoms with E-state index in [1.807, 2.05) is 43.7 Å². The molecule has 1 aliphatic heterocycles. The molecule has 7 heteroatoms. The van der Waals surface area contributed by atoms with Crippen LogP contribution >= 0.6 is 0 Å². The first kappa shape index (κ1) is 23.0. The molecular weight excluding hydrogens is 394 g/mol. The van der Waals surface area contributed by atoms with Gasteiger partial charge in [-0.05, 0) is 51.2 Å². The molecule has 0 atom stereocenters. The molecule has 1 N–H and O–H groups in total. The summed E-state index contributed by atoms with van der Waals surface area (Å²) in [5, 5.41) is 7.69. The van der Waals surface area contributed by atoms with Crippen molar-refractivity contribution in [2.75, 3.05) is 26.4 Å². The molecule has 1 amide bonds. The molecule has 31 heavy (non-hydrogen) atoms. The number of esters is 1. The number of aromatic nitrogens is 2. The van der Waals surface area contributed by atoms with Crippen LogP contribution in [0.2, 0.25) is 0 Å². The van der Waals surface area contributed by atoms with E-state index in [1.54, 1.807) is 0 Å². The summed E-state index contributed by atoms with van der Waals surface area (Å²) in [5.74, 6) is -0.357. The second-order valence-electron chi connectivity index (χ2n) is 7.98. The Morgan fingerprint density at radius 3 is 2.84 bits per heavy atom. The monoisotopic (exact) mass is 427 g/mol. The molecule has 2 aromatic rings. The first-order chi connectivity index (χ1) is 15.0. The lowest BCUT2D eigenvalue weighted by atomic mass is 10.1. The standard InChI is InChI=1S/C24H33N3O4/c1-4-20-22-21(8-5-13-30-14-6-11-25-23(22)28)27(26-20)12-7-15-31-24(29)19-10-9-17(2)16-18(19)3/h9-10,16H,4-8,11-15H2,1-3H3,(H,25,28). The van der Waals surface area contributed by atoms with E-state index in [-0.39, 0.29) is 11.9 Å². The van der Waals surface area contributed by atoms with Crippen molar-refractivity contribution in [3.63, 3.8) is 0 Å². The zero-order valence-corrected chi connectivity index (χ0v) is 18.8. The van der Waals surface area contributed by atoms with Crippen LogP contribution in [0.1, 0.15) is 69.4 Å². The lowest BCUT2D eigenvalue weighted by molar-refractivity contribution is 0.0493. The van der Waals surface area contributed by atoms with Gasteiger partial charge in [-0.1, -0.05) is 24.6 Å². The molecule has 3 rings (SSSR count). The fourth-order valence-electron chi connectivity index (χ4n) is 3.91. The summed E-state index contributed by atoms with van der Waals surface area (Å²) in [6, 6.07) is 5.71. The van der Waals surface area contributed by atoms with Gasteiger partial charge in [0.2, 0.25) is 0 Å². The number of ether oxygens (including phenoxy) is 2. The predicted octanol–water partition coefficient (Wildman–Crippen LogP) is 3.39. The minimum atomic E-state index is -0.303. The highest BCUT2D eigenvalue weighted by Crippen LogP contribution is 2.19. The second-order valence-corrected chi connectivity index (χ2v) is 7.98. The third-order valence-corrected chi connectivity index (χ3v) is 5.49. The number of nitrogens with zero attached hydrogens (tertiary/aromatic N) is 2. The number of hydrogen-bond donors (Lipinski definition) is 1. The van der Waals surface area contributed by atoms with Crippen LogP contribution in [-0.4, -0.2) is 48.0 Å². The Kier molecular flexibility index (Phi) is 8.23. The number of carbonyl (C=O) groups is 2. The normalized spacial score (nSPS) is 15.0. The van der Waals surface area contributed by atoms with Crippen LogP contribution in [0, 0.1) is 13.8 Å². The zero-order valence-electron chi connectivity index (χ0n) is 18.8. The molecule has 1 aromatic heterocycles. The topological polar surface area (TPSA) is 82.5 Å². The number of hydrogen-bond acceptors (Lipinski definition) is 5. The number of amides is 1. The quantitative estimate of drug-likeness (QED) is 0.564. The molecule has 1 aliphatic rings. The van der Waals surface area contributed by atoms with Gasteiger partial charge in [0.15, 0.2) is 0 Å². The second kappa shape index (κ2) is 11.1. The van der Waals surface area contributed by atoms with E-state index in [9.17, 15) is 9.59 Å². The largest absolute Gasteiger partial charge is 0.462 e. The minimum Gasteiger partial charge on any atom is -0.462 e. The van der Waals surface area contributed by atoms with E-state index in [4.69, 9.17) is 14.6 Å². The molecule has 0 saturated carbocycles. The lowest BCUT2D eigenvalue weighted by Crippen LogP contribution is -2.26. The molecule has 0 aliphatic carbocycles. The third-order valence-electron chi connectivity index (χ3n) is 5.49. The van der Waals surface area contributed by atoms with Crippen LogP contribution in [0.5, 0.6) is 0 Å². The Labute approximate surface area is 184 Å². The number of carbonyl (C=O) groups excluding carboxylic acids is 2. The SMILES string of the molecule is CCc1nn(CCCOC(=O)c2ccc(C)cc2C)c2c1C(=O)NCCCOCCC2. The smallest absolute Gasteiger partial charge is 0.338 e. The molecule has 168 valence electrons. The zero-order chi connectivity index (χ0) is 22.2. The first-order valence-corrected chi connectivity index (χ1v) is 11.2. The van der Waals surface area contributed by atoms with E-state index in [0.717, 1.165) is 41.8 Å². The van der Waals surface area contributed by atoms with E-state index in [2.05, 4.69) is 5.32 Å². The van der Waals surface area contributed by atoms with Gasteiger partial charge in [-0.3, -0.25) is 9.48 Å². The van der Waals surface area contributed by atoms with E-state index < -0.39 is 0 Å². The Hall–Kier alpha value is -2.67. The van der Waals surface area contributed by atoms with Crippen LogP contribution in [0.15, 0.2) is 18.2 Å². The summed E-state index contributed by atoms with van der Waals surface area (Å²) in [4.78, 5) is 25.2. The lowest BCUT2D eigenvalue weighted by Gasteiger charge is -2.11. The van der Waals surface area contributed by atoms with Gasteiger partial charge in [-0.25, -0.2) is 4.79 Å². The molecule has 2 heterocycles. The van der Waals surface area contributed by atoms with E-state index in [0.29, 0.717) is 56.9 Å². The van der Waals surface area contributed by atoms with Crippen LogP contribution < -0.4 is 5.32 Å². The number of benzene rings is 1. The van der Waals surface area contributed by atoms with Crippen molar-refractivity contribution in [2.24, 2.45) is 0 Å². The molecule has 0 fully saturated rings. The van der Waals surface area contributed by atoms with Gasteiger partial charge in [0.05, 0.1) is 29.1 Å². The Balaban J connectivity index is 1.65. The van der Waals surface area contributed by atoms with Crippen molar-refractivity contribution < 1.29 is 19.1 Å². The summed E-state index contributed by atoms with van der Waals surface area (Å²) >= 11 is 0. The van der Waals surface area contributed by atoms with Crippen LogP contribution in [0.25, 0.3) is 0 Å². The van der Waals surface area contributed by atoms with Crippen molar-refractivity contribution in [1.82, 2.24) is 15.1 Å². The molecular formula is C24H33N3O4.